The first kappa shape index (κ1) is 12.8. The molecule has 1 aromatic rings. The van der Waals surface area contributed by atoms with Crippen LogP contribution in [0, 0.1) is 0 Å². The van der Waals surface area contributed by atoms with Gasteiger partial charge < -0.3 is 10.6 Å². The first-order valence-corrected chi connectivity index (χ1v) is 6.40. The average molecular weight is 245 g/mol. The Hall–Kier alpha value is -1.68. The van der Waals surface area contributed by atoms with Gasteiger partial charge in [0, 0.05) is 37.6 Å². The zero-order chi connectivity index (χ0) is 12.8. The highest BCUT2D eigenvalue weighted by Gasteiger charge is 2.23. The second-order valence-corrected chi connectivity index (χ2v) is 4.54. The molecule has 96 valence electrons. The first-order valence-electron chi connectivity index (χ1n) is 6.40. The highest BCUT2D eigenvalue weighted by molar-refractivity contribution is 5.92. The molecule has 1 aliphatic heterocycles. The molecule has 4 heteroatoms. The SMILES string of the molecule is NCC1CCCCN1C(=O)/C=C/c1cccnc1. The minimum atomic E-state index is 0.0500. The van der Waals surface area contributed by atoms with Crippen LogP contribution in [-0.4, -0.2) is 34.9 Å². The maximum atomic E-state index is 12.1. The third-order valence-corrected chi connectivity index (χ3v) is 3.29. The Balaban J connectivity index is 2.00. The van der Waals surface area contributed by atoms with Crippen LogP contribution in [0.4, 0.5) is 0 Å². The molecule has 1 saturated heterocycles. The minimum absolute atomic E-state index is 0.0500. The van der Waals surface area contributed by atoms with Gasteiger partial charge in [-0.2, -0.15) is 0 Å². The lowest BCUT2D eigenvalue weighted by molar-refractivity contribution is -0.129. The van der Waals surface area contributed by atoms with Crippen molar-refractivity contribution in [3.05, 3.63) is 36.2 Å². The predicted octanol–water partition coefficient (Wildman–Crippen LogP) is 1.43. The molecule has 0 aromatic carbocycles. The summed E-state index contributed by atoms with van der Waals surface area (Å²) < 4.78 is 0. The van der Waals surface area contributed by atoms with Crippen molar-refractivity contribution in [3.8, 4) is 0 Å². The van der Waals surface area contributed by atoms with E-state index in [1.165, 1.54) is 0 Å². The summed E-state index contributed by atoms with van der Waals surface area (Å²) in [5, 5.41) is 0. The molecule has 18 heavy (non-hydrogen) atoms. The first-order chi connectivity index (χ1) is 8.81. The Kier molecular flexibility index (Phi) is 4.47. The number of carbonyl (C=O) groups excluding carboxylic acids is 1. The van der Waals surface area contributed by atoms with Crippen molar-refractivity contribution < 1.29 is 4.79 Å². The van der Waals surface area contributed by atoms with Gasteiger partial charge in [-0.25, -0.2) is 0 Å². The van der Waals surface area contributed by atoms with E-state index in [4.69, 9.17) is 5.73 Å². The van der Waals surface area contributed by atoms with Crippen molar-refractivity contribution in [2.45, 2.75) is 25.3 Å². The topological polar surface area (TPSA) is 59.2 Å². The third kappa shape index (κ3) is 3.17. The fourth-order valence-electron chi connectivity index (χ4n) is 2.27. The zero-order valence-electron chi connectivity index (χ0n) is 10.5. The van der Waals surface area contributed by atoms with E-state index in [2.05, 4.69) is 4.98 Å². The number of nitrogens with two attached hydrogens (primary N) is 1. The largest absolute Gasteiger partial charge is 0.335 e. The van der Waals surface area contributed by atoms with Crippen LogP contribution in [-0.2, 0) is 4.79 Å². The van der Waals surface area contributed by atoms with Crippen LogP contribution in [0.3, 0.4) is 0 Å². The molecule has 1 unspecified atom stereocenters. The molecular weight excluding hydrogens is 226 g/mol. The van der Waals surface area contributed by atoms with Crippen LogP contribution < -0.4 is 5.73 Å². The summed E-state index contributed by atoms with van der Waals surface area (Å²) in [6.07, 6.45) is 10.1. The van der Waals surface area contributed by atoms with Gasteiger partial charge in [0.2, 0.25) is 5.91 Å². The molecule has 1 atom stereocenters. The molecule has 1 amide bonds. The van der Waals surface area contributed by atoms with Gasteiger partial charge >= 0.3 is 0 Å². The van der Waals surface area contributed by atoms with Gasteiger partial charge in [0.25, 0.3) is 0 Å². The lowest BCUT2D eigenvalue weighted by Crippen LogP contribution is -2.46. The molecule has 0 saturated carbocycles. The predicted molar refractivity (Wildman–Crippen MR) is 71.7 cm³/mol. The highest BCUT2D eigenvalue weighted by Crippen LogP contribution is 2.16. The summed E-state index contributed by atoms with van der Waals surface area (Å²) in [6, 6.07) is 3.98. The lowest BCUT2D eigenvalue weighted by Gasteiger charge is -2.34. The highest BCUT2D eigenvalue weighted by atomic mass is 16.2. The van der Waals surface area contributed by atoms with E-state index in [1.54, 1.807) is 24.5 Å². The fraction of sp³-hybridized carbons (Fsp3) is 0.429. The molecule has 0 radical (unpaired) electrons. The Morgan fingerprint density at radius 3 is 3.17 bits per heavy atom. The van der Waals surface area contributed by atoms with Crippen LogP contribution >= 0.6 is 0 Å². The van der Waals surface area contributed by atoms with E-state index in [0.29, 0.717) is 6.54 Å². The summed E-state index contributed by atoms with van der Waals surface area (Å²) in [5.74, 6) is 0.0500. The van der Waals surface area contributed by atoms with Gasteiger partial charge in [-0.05, 0) is 37.0 Å². The smallest absolute Gasteiger partial charge is 0.246 e. The number of hydrogen-bond acceptors (Lipinski definition) is 3. The number of likely N-dealkylation sites (tertiary alicyclic amines) is 1. The van der Waals surface area contributed by atoms with Crippen LogP contribution in [0.2, 0.25) is 0 Å². The third-order valence-electron chi connectivity index (χ3n) is 3.29. The summed E-state index contributed by atoms with van der Waals surface area (Å²) in [7, 11) is 0. The Morgan fingerprint density at radius 1 is 1.56 bits per heavy atom. The van der Waals surface area contributed by atoms with Crippen molar-refractivity contribution >= 4 is 12.0 Å². The number of piperidine rings is 1. The standard InChI is InChI=1S/C14H19N3O/c15-10-13-5-1-2-9-17(13)14(18)7-6-12-4-3-8-16-11-12/h3-4,6-8,11,13H,1-2,5,9-10,15H2/b7-6+. The van der Waals surface area contributed by atoms with Crippen molar-refractivity contribution in [2.24, 2.45) is 5.73 Å². The second kappa shape index (κ2) is 6.31. The Morgan fingerprint density at radius 2 is 2.44 bits per heavy atom. The van der Waals surface area contributed by atoms with E-state index < -0.39 is 0 Å². The van der Waals surface area contributed by atoms with E-state index in [9.17, 15) is 4.79 Å². The summed E-state index contributed by atoms with van der Waals surface area (Å²) in [6.45, 7) is 1.37. The molecule has 1 aliphatic rings. The molecule has 0 spiro atoms. The second-order valence-electron chi connectivity index (χ2n) is 4.54. The summed E-state index contributed by atoms with van der Waals surface area (Å²) >= 11 is 0. The van der Waals surface area contributed by atoms with Crippen molar-refractivity contribution in [1.29, 1.82) is 0 Å². The van der Waals surface area contributed by atoms with Gasteiger partial charge in [-0.1, -0.05) is 6.07 Å². The van der Waals surface area contributed by atoms with E-state index in [0.717, 1.165) is 31.4 Å². The number of amides is 1. The van der Waals surface area contributed by atoms with Crippen LogP contribution in [0.25, 0.3) is 6.08 Å². The molecule has 2 rings (SSSR count). The molecule has 0 bridgehead atoms. The van der Waals surface area contributed by atoms with E-state index in [1.807, 2.05) is 17.0 Å². The average Bonchev–Trinajstić information content (AvgIpc) is 2.45. The minimum Gasteiger partial charge on any atom is -0.335 e. The monoisotopic (exact) mass is 245 g/mol. The molecule has 2 heterocycles. The molecule has 2 N–H and O–H groups in total. The molecular formula is C14H19N3O. The number of hydrogen-bond donors (Lipinski definition) is 1. The molecule has 4 nitrogen and oxygen atoms in total. The zero-order valence-corrected chi connectivity index (χ0v) is 10.5. The van der Waals surface area contributed by atoms with Crippen LogP contribution in [0.15, 0.2) is 30.6 Å². The van der Waals surface area contributed by atoms with Gasteiger partial charge in [-0.3, -0.25) is 9.78 Å². The maximum absolute atomic E-state index is 12.1. The number of nitrogens with zero attached hydrogens (tertiary/aromatic N) is 2. The van der Waals surface area contributed by atoms with Gasteiger partial charge in [-0.15, -0.1) is 0 Å². The number of carbonyl (C=O) groups is 1. The van der Waals surface area contributed by atoms with Crippen LogP contribution in [0.1, 0.15) is 24.8 Å². The Labute approximate surface area is 108 Å². The van der Waals surface area contributed by atoms with E-state index >= 15 is 0 Å². The summed E-state index contributed by atoms with van der Waals surface area (Å²) in [4.78, 5) is 18.0. The maximum Gasteiger partial charge on any atom is 0.246 e. The van der Waals surface area contributed by atoms with E-state index in [-0.39, 0.29) is 11.9 Å². The van der Waals surface area contributed by atoms with Gasteiger partial charge in [0.15, 0.2) is 0 Å². The molecule has 1 aromatic heterocycles. The van der Waals surface area contributed by atoms with Crippen LogP contribution in [0.5, 0.6) is 0 Å². The fourth-order valence-corrected chi connectivity index (χ4v) is 2.27. The Bertz CT molecular complexity index is 416. The normalized spacial score (nSPS) is 20.3. The lowest BCUT2D eigenvalue weighted by atomic mass is 10.0. The van der Waals surface area contributed by atoms with Crippen molar-refractivity contribution in [3.63, 3.8) is 0 Å². The van der Waals surface area contributed by atoms with Gasteiger partial charge in [0.1, 0.15) is 0 Å². The van der Waals surface area contributed by atoms with Crippen molar-refractivity contribution in [2.75, 3.05) is 13.1 Å². The van der Waals surface area contributed by atoms with Crippen molar-refractivity contribution in [1.82, 2.24) is 9.88 Å². The molecule has 1 fully saturated rings. The van der Waals surface area contributed by atoms with Gasteiger partial charge in [0.05, 0.1) is 0 Å². The number of rotatable bonds is 3. The molecule has 0 aliphatic carbocycles. The quantitative estimate of drug-likeness (QED) is 0.820. The number of aromatic nitrogens is 1. The summed E-state index contributed by atoms with van der Waals surface area (Å²) in [5.41, 5.74) is 6.65. The number of pyridine rings is 1.